The molecule has 0 spiro atoms. The summed E-state index contributed by atoms with van der Waals surface area (Å²) in [6.45, 7) is 0.771. The number of nitrogens with zero attached hydrogens (tertiary/aromatic N) is 1. The number of hydrogen-bond acceptors (Lipinski definition) is 7. The van der Waals surface area contributed by atoms with Crippen LogP contribution in [0.25, 0.3) is 10.9 Å². The molecular weight excluding hydrogens is 449 g/mol. The molecule has 4 rings (SSSR count). The van der Waals surface area contributed by atoms with Gasteiger partial charge in [-0.3, -0.25) is 5.32 Å². The number of aromatic carboxylic acids is 1. The molecular formula is C20H17ClFN3O5S. The quantitative estimate of drug-likeness (QED) is 0.526. The molecule has 162 valence electrons. The van der Waals surface area contributed by atoms with Gasteiger partial charge >= 0.3 is 5.97 Å². The average Bonchev–Trinajstić information content (AvgIpc) is 2.75. The van der Waals surface area contributed by atoms with E-state index in [-0.39, 0.29) is 28.6 Å². The number of hydrogen-bond donors (Lipinski definition) is 3. The van der Waals surface area contributed by atoms with Crippen molar-refractivity contribution in [1.82, 2.24) is 10.3 Å². The predicted octanol–water partition coefficient (Wildman–Crippen LogP) is 3.19. The third-order valence-electron chi connectivity index (χ3n) is 4.78. The molecule has 1 aliphatic rings. The standard InChI is InChI=1S/C20H17ClFN3O5S/c21-11-1-3-15-13(7-11)17(24-16-4-2-12(22)8-14(16)20(26)27)9-18(25-15)31(28,29)19-10-30-6-5-23-19/h1-4,7-9,19,23H,5-6,10H2,(H,24,25)(H,26,27). The van der Waals surface area contributed by atoms with Crippen LogP contribution in [-0.4, -0.2) is 49.6 Å². The number of pyridine rings is 1. The number of fused-ring (bicyclic) bond motifs is 1. The van der Waals surface area contributed by atoms with Crippen LogP contribution in [0.15, 0.2) is 47.5 Å². The monoisotopic (exact) mass is 465 g/mol. The van der Waals surface area contributed by atoms with Crippen LogP contribution in [0.3, 0.4) is 0 Å². The van der Waals surface area contributed by atoms with Crippen LogP contribution in [0.2, 0.25) is 5.02 Å². The van der Waals surface area contributed by atoms with Crippen molar-refractivity contribution in [2.45, 2.75) is 10.4 Å². The Morgan fingerprint density at radius 1 is 1.23 bits per heavy atom. The molecule has 0 saturated carbocycles. The van der Waals surface area contributed by atoms with Gasteiger partial charge in [0.25, 0.3) is 0 Å². The molecule has 0 amide bonds. The van der Waals surface area contributed by atoms with Gasteiger partial charge in [-0.2, -0.15) is 0 Å². The van der Waals surface area contributed by atoms with Gasteiger partial charge in [0.1, 0.15) is 11.2 Å². The van der Waals surface area contributed by atoms with Gasteiger partial charge in [0.05, 0.1) is 35.7 Å². The molecule has 0 radical (unpaired) electrons. The van der Waals surface area contributed by atoms with Crippen molar-refractivity contribution < 1.29 is 27.4 Å². The fraction of sp³-hybridized carbons (Fsp3) is 0.200. The van der Waals surface area contributed by atoms with Gasteiger partial charge in [-0.05, 0) is 42.5 Å². The molecule has 0 aliphatic carbocycles. The Kier molecular flexibility index (Phi) is 5.80. The van der Waals surface area contributed by atoms with Crippen molar-refractivity contribution in [2.24, 2.45) is 0 Å². The summed E-state index contributed by atoms with van der Waals surface area (Å²) in [4.78, 5) is 15.8. The lowest BCUT2D eigenvalue weighted by atomic mass is 10.1. The molecule has 1 atom stereocenters. The largest absolute Gasteiger partial charge is 0.478 e. The summed E-state index contributed by atoms with van der Waals surface area (Å²) in [5, 5.41) is 14.9. The maximum atomic E-state index is 13.6. The van der Waals surface area contributed by atoms with Gasteiger partial charge in [-0.1, -0.05) is 11.6 Å². The Morgan fingerprint density at radius 3 is 2.74 bits per heavy atom. The highest BCUT2D eigenvalue weighted by molar-refractivity contribution is 7.92. The zero-order valence-electron chi connectivity index (χ0n) is 15.9. The second-order valence-electron chi connectivity index (χ2n) is 6.85. The zero-order valence-corrected chi connectivity index (χ0v) is 17.5. The fourth-order valence-electron chi connectivity index (χ4n) is 3.26. The Bertz CT molecular complexity index is 1280. The number of aromatic nitrogens is 1. The number of morpholine rings is 1. The second-order valence-corrected chi connectivity index (χ2v) is 9.37. The van der Waals surface area contributed by atoms with E-state index in [1.807, 2.05) is 0 Å². The van der Waals surface area contributed by atoms with E-state index < -0.39 is 27.0 Å². The first-order chi connectivity index (χ1) is 14.8. The van der Waals surface area contributed by atoms with E-state index in [9.17, 15) is 22.7 Å². The van der Waals surface area contributed by atoms with E-state index >= 15 is 0 Å². The summed E-state index contributed by atoms with van der Waals surface area (Å²) in [6.07, 6.45) is 0. The Balaban J connectivity index is 1.86. The summed E-state index contributed by atoms with van der Waals surface area (Å²) in [5.74, 6) is -2.05. The topological polar surface area (TPSA) is 118 Å². The first-order valence-electron chi connectivity index (χ1n) is 9.21. The molecule has 2 heterocycles. The Morgan fingerprint density at radius 2 is 2.03 bits per heavy atom. The van der Waals surface area contributed by atoms with Crippen molar-refractivity contribution in [3.8, 4) is 0 Å². The van der Waals surface area contributed by atoms with Crippen LogP contribution in [0.4, 0.5) is 15.8 Å². The second kappa shape index (κ2) is 8.39. The third kappa shape index (κ3) is 4.33. The predicted molar refractivity (Wildman–Crippen MR) is 113 cm³/mol. The van der Waals surface area contributed by atoms with Crippen LogP contribution in [0.1, 0.15) is 10.4 Å². The first kappa shape index (κ1) is 21.4. The average molecular weight is 466 g/mol. The van der Waals surface area contributed by atoms with Crippen LogP contribution >= 0.6 is 11.6 Å². The third-order valence-corrected chi connectivity index (χ3v) is 6.86. The van der Waals surface area contributed by atoms with Gasteiger partial charge in [0.2, 0.25) is 9.84 Å². The summed E-state index contributed by atoms with van der Waals surface area (Å²) in [7, 11) is -3.91. The number of carboxylic acid groups (broad SMARTS) is 1. The minimum atomic E-state index is -3.91. The van der Waals surface area contributed by atoms with Crippen molar-refractivity contribution >= 4 is 49.7 Å². The summed E-state index contributed by atoms with van der Waals surface area (Å²) >= 11 is 6.10. The van der Waals surface area contributed by atoms with Crippen molar-refractivity contribution in [1.29, 1.82) is 0 Å². The fourth-order valence-corrected chi connectivity index (χ4v) is 4.84. The molecule has 1 saturated heterocycles. The molecule has 0 bridgehead atoms. The van der Waals surface area contributed by atoms with Gasteiger partial charge in [-0.15, -0.1) is 0 Å². The van der Waals surface area contributed by atoms with Gasteiger partial charge in [0.15, 0.2) is 5.03 Å². The number of rotatable bonds is 5. The number of nitrogens with one attached hydrogen (secondary N) is 2. The summed E-state index contributed by atoms with van der Waals surface area (Å²) in [6, 6.07) is 9.26. The lowest BCUT2D eigenvalue weighted by Crippen LogP contribution is -2.46. The maximum absolute atomic E-state index is 13.6. The van der Waals surface area contributed by atoms with Crippen LogP contribution in [0.5, 0.6) is 0 Å². The Labute approximate surface area is 181 Å². The normalized spacial score (nSPS) is 16.9. The number of carboxylic acids is 1. The Hall–Kier alpha value is -2.79. The molecule has 31 heavy (non-hydrogen) atoms. The highest BCUT2D eigenvalue weighted by Crippen LogP contribution is 2.32. The van der Waals surface area contributed by atoms with Crippen molar-refractivity contribution in [3.63, 3.8) is 0 Å². The first-order valence-corrected chi connectivity index (χ1v) is 11.1. The molecule has 1 unspecified atom stereocenters. The van der Waals surface area contributed by atoms with Crippen LogP contribution in [0, 0.1) is 5.82 Å². The number of carbonyl (C=O) groups is 1. The van der Waals surface area contributed by atoms with Gasteiger partial charge in [0, 0.05) is 17.0 Å². The van der Waals surface area contributed by atoms with E-state index in [1.165, 1.54) is 12.1 Å². The summed E-state index contributed by atoms with van der Waals surface area (Å²) in [5.41, 5.74) is 0.378. The highest BCUT2D eigenvalue weighted by Gasteiger charge is 2.31. The van der Waals surface area contributed by atoms with E-state index in [1.54, 1.807) is 18.2 Å². The van der Waals surface area contributed by atoms with Gasteiger partial charge < -0.3 is 15.2 Å². The zero-order chi connectivity index (χ0) is 22.2. The molecule has 1 fully saturated rings. The van der Waals surface area contributed by atoms with Gasteiger partial charge in [-0.25, -0.2) is 22.6 Å². The smallest absolute Gasteiger partial charge is 0.337 e. The minimum Gasteiger partial charge on any atom is -0.478 e. The highest BCUT2D eigenvalue weighted by atomic mass is 35.5. The molecule has 11 heteroatoms. The molecule has 2 aromatic carbocycles. The van der Waals surface area contributed by atoms with Crippen LogP contribution in [-0.2, 0) is 14.6 Å². The molecule has 8 nitrogen and oxygen atoms in total. The number of ether oxygens (including phenoxy) is 1. The van der Waals surface area contributed by atoms with E-state index in [2.05, 4.69) is 15.6 Å². The lowest BCUT2D eigenvalue weighted by molar-refractivity contribution is 0.0697. The van der Waals surface area contributed by atoms with E-state index in [0.29, 0.717) is 29.1 Å². The number of anilines is 2. The SMILES string of the molecule is O=C(O)c1cc(F)ccc1Nc1cc(S(=O)(=O)C2COCCN2)nc2ccc(Cl)cc12. The molecule has 3 N–H and O–H groups in total. The van der Waals surface area contributed by atoms with Crippen molar-refractivity contribution in [2.75, 3.05) is 25.1 Å². The summed E-state index contributed by atoms with van der Waals surface area (Å²) < 4.78 is 45.1. The number of benzene rings is 2. The minimum absolute atomic E-state index is 0.0213. The van der Waals surface area contributed by atoms with Crippen LogP contribution < -0.4 is 10.6 Å². The maximum Gasteiger partial charge on any atom is 0.337 e. The molecule has 3 aromatic rings. The number of sulfone groups is 1. The number of halogens is 2. The van der Waals surface area contributed by atoms with E-state index in [4.69, 9.17) is 16.3 Å². The van der Waals surface area contributed by atoms with Crippen molar-refractivity contribution in [3.05, 3.63) is 58.9 Å². The molecule has 1 aromatic heterocycles. The van der Waals surface area contributed by atoms with E-state index in [0.717, 1.165) is 12.1 Å². The lowest BCUT2D eigenvalue weighted by Gasteiger charge is -2.24. The molecule has 1 aliphatic heterocycles.